The van der Waals surface area contributed by atoms with Gasteiger partial charge in [0.1, 0.15) is 6.61 Å². The molecule has 0 saturated heterocycles. The van der Waals surface area contributed by atoms with E-state index in [1.54, 1.807) is 4.90 Å². The Balaban J connectivity index is 1.45. The van der Waals surface area contributed by atoms with Crippen LogP contribution in [0.5, 0.6) is 0 Å². The second-order valence-electron chi connectivity index (χ2n) is 5.47. The van der Waals surface area contributed by atoms with Gasteiger partial charge in [-0.25, -0.2) is 0 Å². The quantitative estimate of drug-likeness (QED) is 0.620. The summed E-state index contributed by atoms with van der Waals surface area (Å²) >= 11 is 0. The van der Waals surface area contributed by atoms with E-state index in [4.69, 9.17) is 13.8 Å². The number of rotatable bonds is 8. The molecule has 24 heavy (non-hydrogen) atoms. The Morgan fingerprint density at radius 3 is 2.33 bits per heavy atom. The molecule has 0 atom stereocenters. The van der Waals surface area contributed by atoms with E-state index in [0.717, 1.165) is 5.56 Å². The maximum atomic E-state index is 5.58. The molecule has 126 valence electrons. The molecule has 2 aromatic heterocycles. The minimum Gasteiger partial charge on any atom is -0.369 e. The lowest BCUT2D eigenvalue weighted by Gasteiger charge is -2.02. The third-order valence-electron chi connectivity index (χ3n) is 3.26. The maximum Gasteiger partial charge on any atom is 0.265 e. The molecule has 8 heteroatoms. The molecule has 0 aliphatic rings. The van der Waals surface area contributed by atoms with Crippen LogP contribution < -0.4 is 4.90 Å². The predicted octanol–water partition coefficient (Wildman–Crippen LogP) is 2.02. The summed E-state index contributed by atoms with van der Waals surface area (Å²) in [6.45, 7) is 0.823. The van der Waals surface area contributed by atoms with Crippen molar-refractivity contribution >= 4 is 5.95 Å². The number of hydrogen-bond donors (Lipinski definition) is 0. The van der Waals surface area contributed by atoms with Crippen molar-refractivity contribution in [2.24, 2.45) is 0 Å². The molecule has 0 amide bonds. The van der Waals surface area contributed by atoms with Crippen LogP contribution in [0, 0.1) is 0 Å². The van der Waals surface area contributed by atoms with Gasteiger partial charge in [-0.05, 0) is 10.7 Å². The first-order chi connectivity index (χ1) is 11.7. The number of aromatic nitrogens is 4. The van der Waals surface area contributed by atoms with Crippen LogP contribution >= 0.6 is 0 Å². The predicted molar refractivity (Wildman–Crippen MR) is 85.3 cm³/mol. The van der Waals surface area contributed by atoms with E-state index >= 15 is 0 Å². The average molecular weight is 329 g/mol. The summed E-state index contributed by atoms with van der Waals surface area (Å²) < 4.78 is 15.9. The van der Waals surface area contributed by atoms with E-state index in [1.165, 1.54) is 0 Å². The van der Waals surface area contributed by atoms with Crippen molar-refractivity contribution in [1.29, 1.82) is 0 Å². The summed E-state index contributed by atoms with van der Waals surface area (Å²) in [7, 11) is 3.71. The van der Waals surface area contributed by atoms with Crippen LogP contribution in [0.3, 0.4) is 0 Å². The van der Waals surface area contributed by atoms with Crippen molar-refractivity contribution in [3.8, 4) is 0 Å². The molecule has 3 rings (SSSR count). The zero-order valence-electron chi connectivity index (χ0n) is 13.7. The molecule has 0 N–H and O–H groups in total. The molecular formula is C16H19N5O3. The van der Waals surface area contributed by atoms with Crippen molar-refractivity contribution in [2.75, 3.05) is 19.0 Å². The monoisotopic (exact) mass is 329 g/mol. The molecule has 2 heterocycles. The third kappa shape index (κ3) is 4.39. The van der Waals surface area contributed by atoms with Gasteiger partial charge in [-0.15, -0.1) is 0 Å². The molecular weight excluding hydrogens is 310 g/mol. The van der Waals surface area contributed by atoms with E-state index < -0.39 is 0 Å². The summed E-state index contributed by atoms with van der Waals surface area (Å²) in [6.07, 6.45) is 1.09. The Labute approximate surface area is 139 Å². The van der Waals surface area contributed by atoms with Crippen molar-refractivity contribution in [3.63, 3.8) is 0 Å². The van der Waals surface area contributed by atoms with Crippen LogP contribution in [0.15, 0.2) is 39.4 Å². The molecule has 0 spiro atoms. The first-order valence-electron chi connectivity index (χ1n) is 7.64. The van der Waals surface area contributed by atoms with Gasteiger partial charge in [-0.1, -0.05) is 35.5 Å². The van der Waals surface area contributed by atoms with E-state index in [2.05, 4.69) is 20.3 Å². The van der Waals surface area contributed by atoms with Crippen molar-refractivity contribution in [1.82, 2.24) is 20.3 Å². The molecule has 0 fully saturated rings. The topological polar surface area (TPSA) is 90.3 Å². The van der Waals surface area contributed by atoms with Gasteiger partial charge in [0, 0.05) is 26.9 Å². The van der Waals surface area contributed by atoms with E-state index in [0.29, 0.717) is 49.6 Å². The minimum absolute atomic E-state index is 0.309. The number of ether oxygens (including phenoxy) is 1. The summed E-state index contributed by atoms with van der Waals surface area (Å²) in [5.41, 5.74) is 1.11. The van der Waals surface area contributed by atoms with Crippen molar-refractivity contribution in [3.05, 3.63) is 53.5 Å². The second-order valence-corrected chi connectivity index (χ2v) is 5.47. The van der Waals surface area contributed by atoms with Crippen LogP contribution in [-0.4, -0.2) is 34.4 Å². The van der Waals surface area contributed by atoms with Gasteiger partial charge in [-0.2, -0.15) is 9.97 Å². The van der Waals surface area contributed by atoms with Gasteiger partial charge in [-0.3, -0.25) is 0 Å². The average Bonchev–Trinajstić information content (AvgIpc) is 3.23. The Morgan fingerprint density at radius 2 is 1.62 bits per heavy atom. The normalized spacial score (nSPS) is 10.9. The first-order valence-corrected chi connectivity index (χ1v) is 7.64. The summed E-state index contributed by atoms with van der Waals surface area (Å²) in [6, 6.07) is 9.94. The molecule has 3 aromatic rings. The summed E-state index contributed by atoms with van der Waals surface area (Å²) in [5, 5.41) is 7.76. The highest BCUT2D eigenvalue weighted by molar-refractivity contribution is 5.23. The zero-order chi connectivity index (χ0) is 16.8. The van der Waals surface area contributed by atoms with Gasteiger partial charge in [0.15, 0.2) is 5.82 Å². The van der Waals surface area contributed by atoms with Crippen LogP contribution in [0.1, 0.15) is 23.2 Å². The largest absolute Gasteiger partial charge is 0.369 e. The molecule has 0 bridgehead atoms. The fourth-order valence-electron chi connectivity index (χ4n) is 2.03. The Hall–Kier alpha value is -2.74. The molecule has 0 radical (unpaired) electrons. The number of hydrogen-bond acceptors (Lipinski definition) is 8. The van der Waals surface area contributed by atoms with Crippen LogP contribution in [0.2, 0.25) is 0 Å². The van der Waals surface area contributed by atoms with E-state index in [1.807, 2.05) is 44.4 Å². The number of anilines is 1. The highest BCUT2D eigenvalue weighted by Crippen LogP contribution is 2.09. The van der Waals surface area contributed by atoms with E-state index in [9.17, 15) is 0 Å². The lowest BCUT2D eigenvalue weighted by Crippen LogP contribution is -2.10. The highest BCUT2D eigenvalue weighted by Gasteiger charge is 2.11. The number of benzene rings is 1. The molecule has 0 saturated carbocycles. The van der Waals surface area contributed by atoms with Crippen LogP contribution in [0.25, 0.3) is 0 Å². The van der Waals surface area contributed by atoms with Gasteiger partial charge in [0.05, 0.1) is 6.61 Å². The van der Waals surface area contributed by atoms with Crippen molar-refractivity contribution in [2.45, 2.75) is 26.1 Å². The number of aryl methyl sites for hydroxylation is 2. The van der Waals surface area contributed by atoms with Crippen LogP contribution in [0.4, 0.5) is 5.95 Å². The molecule has 8 nitrogen and oxygen atoms in total. The first kappa shape index (κ1) is 16.1. The van der Waals surface area contributed by atoms with Crippen molar-refractivity contribution < 1.29 is 13.8 Å². The second kappa shape index (κ2) is 7.69. The van der Waals surface area contributed by atoms with E-state index in [-0.39, 0.29) is 0 Å². The van der Waals surface area contributed by atoms with Gasteiger partial charge in [0.25, 0.3) is 5.95 Å². The Bertz CT molecular complexity index is 754. The maximum absolute atomic E-state index is 5.58. The SMILES string of the molecule is CN(C)c1noc(CCc2nc(COCc3ccccc3)no2)n1. The molecule has 1 aromatic carbocycles. The molecule has 0 aliphatic heterocycles. The minimum atomic E-state index is 0.309. The molecule has 0 unspecified atom stereocenters. The Kier molecular flexibility index (Phi) is 5.17. The Morgan fingerprint density at radius 1 is 0.917 bits per heavy atom. The third-order valence-corrected chi connectivity index (χ3v) is 3.26. The van der Waals surface area contributed by atoms with Gasteiger partial charge in [0.2, 0.25) is 11.8 Å². The lowest BCUT2D eigenvalue weighted by molar-refractivity contribution is 0.0999. The zero-order valence-corrected chi connectivity index (χ0v) is 13.7. The lowest BCUT2D eigenvalue weighted by atomic mass is 10.2. The number of nitrogens with zero attached hydrogens (tertiary/aromatic N) is 5. The van der Waals surface area contributed by atoms with Gasteiger partial charge < -0.3 is 18.7 Å². The highest BCUT2D eigenvalue weighted by atomic mass is 16.5. The smallest absolute Gasteiger partial charge is 0.265 e. The fourth-order valence-corrected chi connectivity index (χ4v) is 2.03. The summed E-state index contributed by atoms with van der Waals surface area (Å²) in [4.78, 5) is 10.3. The van der Waals surface area contributed by atoms with Gasteiger partial charge >= 0.3 is 0 Å². The molecule has 0 aliphatic carbocycles. The van der Waals surface area contributed by atoms with Crippen LogP contribution in [-0.2, 0) is 30.8 Å². The fraction of sp³-hybridized carbons (Fsp3) is 0.375. The standard InChI is InChI=1S/C16H19N5O3/c1-21(2)16-18-15(24-20-16)9-8-14-17-13(19-23-14)11-22-10-12-6-4-3-5-7-12/h3-7H,8-11H2,1-2H3. The summed E-state index contributed by atoms with van der Waals surface area (Å²) in [5.74, 6) is 2.14.